The highest BCUT2D eigenvalue weighted by Gasteiger charge is 2.07. The highest BCUT2D eigenvalue weighted by Crippen LogP contribution is 2.21. The lowest BCUT2D eigenvalue weighted by Crippen LogP contribution is -2.02. The number of esters is 1. The van der Waals surface area contributed by atoms with Gasteiger partial charge in [0.2, 0.25) is 0 Å². The van der Waals surface area contributed by atoms with Crippen molar-refractivity contribution in [1.82, 2.24) is 0 Å². The number of hydrogen-bond acceptors (Lipinski definition) is 3. The van der Waals surface area contributed by atoms with Crippen LogP contribution in [0.2, 0.25) is 0 Å². The van der Waals surface area contributed by atoms with Crippen molar-refractivity contribution in [2.45, 2.75) is 32.6 Å². The van der Waals surface area contributed by atoms with Crippen LogP contribution in [0.1, 0.15) is 41.6 Å². The number of aryl methyl sites for hydroxylation is 1. The third-order valence-electron chi connectivity index (χ3n) is 3.85. The van der Waals surface area contributed by atoms with Crippen LogP contribution >= 0.6 is 0 Å². The zero-order chi connectivity index (χ0) is 16.7. The molecule has 2 aromatic carbocycles. The lowest BCUT2D eigenvalue weighted by molar-refractivity contribution is -0.140. The second-order valence-electron chi connectivity index (χ2n) is 5.65. The van der Waals surface area contributed by atoms with E-state index in [2.05, 4.69) is 35.9 Å². The van der Waals surface area contributed by atoms with Crippen molar-refractivity contribution in [2.75, 3.05) is 7.11 Å². The summed E-state index contributed by atoms with van der Waals surface area (Å²) in [5.41, 5.74) is 4.20. The van der Waals surface area contributed by atoms with E-state index in [4.69, 9.17) is 0 Å². The summed E-state index contributed by atoms with van der Waals surface area (Å²) >= 11 is 0. The molecule has 0 saturated carbocycles. The van der Waals surface area contributed by atoms with Gasteiger partial charge in [-0.3, -0.25) is 9.59 Å². The van der Waals surface area contributed by atoms with Crippen LogP contribution in [-0.4, -0.2) is 18.9 Å². The first-order valence-electron chi connectivity index (χ1n) is 7.87. The normalized spacial score (nSPS) is 10.3. The van der Waals surface area contributed by atoms with Crippen molar-refractivity contribution in [3.05, 3.63) is 59.7 Å². The van der Waals surface area contributed by atoms with E-state index in [1.165, 1.54) is 12.7 Å². The van der Waals surface area contributed by atoms with Crippen LogP contribution in [0.5, 0.6) is 0 Å². The maximum atomic E-state index is 12.1. The van der Waals surface area contributed by atoms with E-state index in [9.17, 15) is 9.59 Å². The Labute approximate surface area is 137 Å². The molecule has 0 spiro atoms. The molecule has 2 rings (SSSR count). The molecule has 0 N–H and O–H groups in total. The molecule has 0 bridgehead atoms. The quantitative estimate of drug-likeness (QED) is 0.427. The Hall–Kier alpha value is -2.42. The molecule has 23 heavy (non-hydrogen) atoms. The van der Waals surface area contributed by atoms with Gasteiger partial charge in [0.1, 0.15) is 0 Å². The average Bonchev–Trinajstić information content (AvgIpc) is 2.59. The van der Waals surface area contributed by atoms with Crippen molar-refractivity contribution < 1.29 is 14.3 Å². The van der Waals surface area contributed by atoms with Crippen LogP contribution in [0.4, 0.5) is 0 Å². The summed E-state index contributed by atoms with van der Waals surface area (Å²) in [7, 11) is 1.38. The summed E-state index contributed by atoms with van der Waals surface area (Å²) in [5, 5.41) is 0. The van der Waals surface area contributed by atoms with Gasteiger partial charge in [-0.05, 0) is 30.9 Å². The summed E-state index contributed by atoms with van der Waals surface area (Å²) < 4.78 is 4.58. The van der Waals surface area contributed by atoms with Crippen molar-refractivity contribution in [3.8, 4) is 11.1 Å². The van der Waals surface area contributed by atoms with E-state index in [0.29, 0.717) is 25.7 Å². The zero-order valence-electron chi connectivity index (χ0n) is 13.7. The Morgan fingerprint density at radius 1 is 0.826 bits per heavy atom. The zero-order valence-corrected chi connectivity index (χ0v) is 13.7. The Morgan fingerprint density at radius 2 is 1.35 bits per heavy atom. The van der Waals surface area contributed by atoms with Gasteiger partial charge in [-0.2, -0.15) is 0 Å². The molecule has 0 aliphatic rings. The molecule has 0 atom stereocenters. The second-order valence-corrected chi connectivity index (χ2v) is 5.65. The van der Waals surface area contributed by atoms with Crippen molar-refractivity contribution in [1.29, 1.82) is 0 Å². The fourth-order valence-corrected chi connectivity index (χ4v) is 2.40. The molecule has 120 valence electrons. The summed E-state index contributed by atoms with van der Waals surface area (Å²) in [4.78, 5) is 23.1. The number of methoxy groups -OCH3 is 1. The standard InChI is InChI=1S/C20H22O3/c1-15-7-9-16(10-8-15)17-11-13-18(14-12-17)19(21)5-3-4-6-20(22)23-2/h7-14H,3-6H2,1-2H3. The van der Waals surface area contributed by atoms with E-state index in [0.717, 1.165) is 16.7 Å². The predicted molar refractivity (Wildman–Crippen MR) is 91.4 cm³/mol. The van der Waals surface area contributed by atoms with Gasteiger partial charge in [0, 0.05) is 18.4 Å². The van der Waals surface area contributed by atoms with Crippen LogP contribution in [0.25, 0.3) is 11.1 Å². The monoisotopic (exact) mass is 310 g/mol. The number of unbranched alkanes of at least 4 members (excludes halogenated alkanes) is 1. The van der Waals surface area contributed by atoms with Gasteiger partial charge in [-0.25, -0.2) is 0 Å². The number of rotatable bonds is 7. The molecule has 0 amide bonds. The molecule has 2 aromatic rings. The molecule has 0 unspecified atom stereocenters. The number of carbonyl (C=O) groups is 2. The minimum absolute atomic E-state index is 0.116. The maximum absolute atomic E-state index is 12.1. The predicted octanol–water partition coefficient (Wildman–Crippen LogP) is 4.58. The third kappa shape index (κ3) is 5.06. The summed E-state index contributed by atoms with van der Waals surface area (Å²) in [5.74, 6) is -0.106. The van der Waals surface area contributed by atoms with Crippen LogP contribution in [0.15, 0.2) is 48.5 Å². The minimum Gasteiger partial charge on any atom is -0.469 e. The first-order valence-corrected chi connectivity index (χ1v) is 7.87. The first-order chi connectivity index (χ1) is 11.1. The number of carbonyl (C=O) groups excluding carboxylic acids is 2. The van der Waals surface area contributed by atoms with Crippen LogP contribution in [-0.2, 0) is 9.53 Å². The molecule has 0 radical (unpaired) electrons. The molecule has 0 saturated heterocycles. The second kappa shape index (κ2) is 8.28. The van der Waals surface area contributed by atoms with Gasteiger partial charge in [-0.1, -0.05) is 54.1 Å². The number of Topliss-reactive ketones (excluding diaryl/α,β-unsaturated/α-hetero) is 1. The topological polar surface area (TPSA) is 43.4 Å². The maximum Gasteiger partial charge on any atom is 0.305 e. The molecule has 0 aromatic heterocycles. The Morgan fingerprint density at radius 3 is 1.91 bits per heavy atom. The largest absolute Gasteiger partial charge is 0.469 e. The van der Waals surface area contributed by atoms with Crippen LogP contribution < -0.4 is 0 Å². The molecule has 0 heterocycles. The number of ether oxygens (including phenoxy) is 1. The first kappa shape index (κ1) is 16.9. The van der Waals surface area contributed by atoms with Crippen molar-refractivity contribution >= 4 is 11.8 Å². The fourth-order valence-electron chi connectivity index (χ4n) is 2.40. The molecular weight excluding hydrogens is 288 g/mol. The Kier molecular flexibility index (Phi) is 6.10. The van der Waals surface area contributed by atoms with Gasteiger partial charge in [-0.15, -0.1) is 0 Å². The lowest BCUT2D eigenvalue weighted by Gasteiger charge is -2.05. The summed E-state index contributed by atoms with van der Waals surface area (Å²) in [6.07, 6.45) is 2.21. The van der Waals surface area contributed by atoms with Gasteiger partial charge in [0.05, 0.1) is 7.11 Å². The van der Waals surface area contributed by atoms with E-state index in [1.54, 1.807) is 0 Å². The van der Waals surface area contributed by atoms with E-state index in [-0.39, 0.29) is 11.8 Å². The minimum atomic E-state index is -0.222. The Balaban J connectivity index is 1.90. The smallest absolute Gasteiger partial charge is 0.305 e. The van der Waals surface area contributed by atoms with E-state index >= 15 is 0 Å². The van der Waals surface area contributed by atoms with E-state index in [1.807, 2.05) is 24.3 Å². The molecule has 3 heteroatoms. The van der Waals surface area contributed by atoms with Crippen molar-refractivity contribution in [2.24, 2.45) is 0 Å². The summed E-state index contributed by atoms with van der Waals surface area (Å²) in [6.45, 7) is 2.06. The number of benzene rings is 2. The van der Waals surface area contributed by atoms with Gasteiger partial charge >= 0.3 is 5.97 Å². The highest BCUT2D eigenvalue weighted by atomic mass is 16.5. The molecule has 0 fully saturated rings. The van der Waals surface area contributed by atoms with Crippen LogP contribution in [0.3, 0.4) is 0 Å². The fraction of sp³-hybridized carbons (Fsp3) is 0.300. The van der Waals surface area contributed by atoms with Crippen molar-refractivity contribution in [3.63, 3.8) is 0 Å². The Bertz CT molecular complexity index is 654. The van der Waals surface area contributed by atoms with Gasteiger partial charge in [0.25, 0.3) is 0 Å². The lowest BCUT2D eigenvalue weighted by atomic mass is 9.99. The SMILES string of the molecule is COC(=O)CCCCC(=O)c1ccc(-c2ccc(C)cc2)cc1. The summed E-state index contributed by atoms with van der Waals surface area (Å²) in [6, 6.07) is 16.0. The number of hydrogen-bond donors (Lipinski definition) is 0. The average molecular weight is 310 g/mol. The highest BCUT2D eigenvalue weighted by molar-refractivity contribution is 5.96. The third-order valence-corrected chi connectivity index (χ3v) is 3.85. The number of ketones is 1. The van der Waals surface area contributed by atoms with Crippen LogP contribution in [0, 0.1) is 6.92 Å². The van der Waals surface area contributed by atoms with E-state index < -0.39 is 0 Å². The van der Waals surface area contributed by atoms with Gasteiger partial charge in [0.15, 0.2) is 5.78 Å². The molecule has 0 aliphatic heterocycles. The molecular formula is C20H22O3. The molecule has 0 aliphatic carbocycles. The van der Waals surface area contributed by atoms with Gasteiger partial charge < -0.3 is 4.74 Å². The molecule has 3 nitrogen and oxygen atoms in total.